The lowest BCUT2D eigenvalue weighted by Gasteiger charge is -2.22. The van der Waals surface area contributed by atoms with Crippen LogP contribution in [0.15, 0.2) is 64.3 Å². The number of aliphatic hydroxyl groups is 1. The van der Waals surface area contributed by atoms with Gasteiger partial charge in [0.15, 0.2) is 5.96 Å². The fourth-order valence-corrected chi connectivity index (χ4v) is 3.35. The van der Waals surface area contributed by atoms with Gasteiger partial charge in [-0.3, -0.25) is 0 Å². The van der Waals surface area contributed by atoms with Crippen molar-refractivity contribution >= 4 is 29.9 Å². The van der Waals surface area contributed by atoms with E-state index in [1.54, 1.807) is 13.0 Å². The highest BCUT2D eigenvalue weighted by Crippen LogP contribution is 2.21. The maximum atomic E-state index is 10.7. The number of benzene rings is 1. The second kappa shape index (κ2) is 12.6. The molecule has 1 atom stereocenters. The zero-order valence-electron chi connectivity index (χ0n) is 19.0. The van der Waals surface area contributed by atoms with Crippen LogP contribution in [0.1, 0.15) is 43.2 Å². The van der Waals surface area contributed by atoms with Crippen LogP contribution in [0.3, 0.4) is 0 Å². The molecule has 8 heteroatoms. The lowest BCUT2D eigenvalue weighted by atomic mass is 10.0. The minimum absolute atomic E-state index is 0. The number of furan rings is 1. The molecule has 1 aromatic carbocycles. The van der Waals surface area contributed by atoms with Gasteiger partial charge in [-0.2, -0.15) is 0 Å². The number of hydrogen-bond acceptors (Lipinski definition) is 4. The fraction of sp³-hybridized carbons (Fsp3) is 0.417. The smallest absolute Gasteiger partial charge is 0.191 e. The number of halogens is 1. The first-order valence-electron chi connectivity index (χ1n) is 10.8. The van der Waals surface area contributed by atoms with Crippen molar-refractivity contribution in [1.29, 1.82) is 0 Å². The van der Waals surface area contributed by atoms with Crippen molar-refractivity contribution in [2.45, 2.75) is 52.3 Å². The topological polar surface area (TPSA) is 87.6 Å². The van der Waals surface area contributed by atoms with E-state index in [1.165, 1.54) is 5.56 Å². The molecule has 2 heterocycles. The van der Waals surface area contributed by atoms with Gasteiger partial charge in [-0.05, 0) is 51.3 Å². The Morgan fingerprint density at radius 1 is 1.19 bits per heavy atom. The Balaban J connectivity index is 0.00000363. The van der Waals surface area contributed by atoms with Crippen molar-refractivity contribution in [3.63, 3.8) is 0 Å². The highest BCUT2D eigenvalue weighted by molar-refractivity contribution is 14.0. The van der Waals surface area contributed by atoms with Crippen LogP contribution in [0.25, 0.3) is 0 Å². The third-order valence-corrected chi connectivity index (χ3v) is 5.10. The second-order valence-corrected chi connectivity index (χ2v) is 7.86. The van der Waals surface area contributed by atoms with Crippen LogP contribution < -0.4 is 10.6 Å². The molecule has 7 nitrogen and oxygen atoms in total. The van der Waals surface area contributed by atoms with Gasteiger partial charge in [-0.15, -0.1) is 24.0 Å². The summed E-state index contributed by atoms with van der Waals surface area (Å²) in [6.45, 7) is 7.94. The monoisotopic (exact) mass is 551 g/mol. The highest BCUT2D eigenvalue weighted by Gasteiger charge is 2.27. The minimum Gasteiger partial charge on any atom is -0.463 e. The van der Waals surface area contributed by atoms with E-state index in [9.17, 15) is 5.11 Å². The van der Waals surface area contributed by atoms with Gasteiger partial charge >= 0.3 is 0 Å². The molecule has 0 radical (unpaired) electrons. The van der Waals surface area contributed by atoms with Crippen molar-refractivity contribution in [3.8, 4) is 0 Å². The molecular formula is C24H34IN5O2. The van der Waals surface area contributed by atoms with Crippen molar-refractivity contribution in [2.24, 2.45) is 4.99 Å². The van der Waals surface area contributed by atoms with E-state index in [0.29, 0.717) is 18.3 Å². The molecular weight excluding hydrogens is 517 g/mol. The van der Waals surface area contributed by atoms with Gasteiger partial charge in [0.05, 0.1) is 6.54 Å². The Labute approximate surface area is 207 Å². The molecule has 32 heavy (non-hydrogen) atoms. The lowest BCUT2D eigenvalue weighted by molar-refractivity contribution is 0.0378. The Morgan fingerprint density at radius 3 is 2.66 bits per heavy atom. The average Bonchev–Trinajstić information content (AvgIpc) is 3.40. The van der Waals surface area contributed by atoms with Gasteiger partial charge in [-0.25, -0.2) is 9.98 Å². The van der Waals surface area contributed by atoms with E-state index in [4.69, 9.17) is 4.42 Å². The number of aryl methyl sites for hydroxylation is 3. The van der Waals surface area contributed by atoms with Crippen molar-refractivity contribution in [3.05, 3.63) is 77.8 Å². The third kappa shape index (κ3) is 7.67. The predicted octanol–water partition coefficient (Wildman–Crippen LogP) is 4.00. The van der Waals surface area contributed by atoms with Crippen LogP contribution in [0.5, 0.6) is 0 Å². The first-order chi connectivity index (χ1) is 15.0. The summed E-state index contributed by atoms with van der Waals surface area (Å²) >= 11 is 0. The number of hydrogen-bond donors (Lipinski definition) is 3. The lowest BCUT2D eigenvalue weighted by Crippen LogP contribution is -2.44. The maximum Gasteiger partial charge on any atom is 0.191 e. The largest absolute Gasteiger partial charge is 0.463 e. The molecule has 0 spiro atoms. The molecule has 3 N–H and O–H groups in total. The quantitative estimate of drug-likeness (QED) is 0.202. The van der Waals surface area contributed by atoms with Crippen LogP contribution in [-0.2, 0) is 25.1 Å². The molecule has 0 saturated heterocycles. The van der Waals surface area contributed by atoms with Crippen LogP contribution >= 0.6 is 24.0 Å². The molecule has 2 aromatic heterocycles. The molecule has 0 fully saturated rings. The Kier molecular flexibility index (Phi) is 10.2. The number of imidazole rings is 1. The number of aromatic nitrogens is 2. The summed E-state index contributed by atoms with van der Waals surface area (Å²) in [5.74, 6) is 2.85. The average molecular weight is 551 g/mol. The summed E-state index contributed by atoms with van der Waals surface area (Å²) in [4.78, 5) is 9.12. The van der Waals surface area contributed by atoms with E-state index in [0.717, 1.165) is 37.5 Å². The number of guanidine groups is 1. The molecule has 0 aliphatic carbocycles. The van der Waals surface area contributed by atoms with E-state index in [-0.39, 0.29) is 30.5 Å². The van der Waals surface area contributed by atoms with E-state index in [1.807, 2.05) is 38.4 Å². The Morgan fingerprint density at radius 2 is 1.97 bits per heavy atom. The molecule has 3 aromatic rings. The zero-order valence-corrected chi connectivity index (χ0v) is 21.4. The molecule has 3 rings (SSSR count). The first kappa shape index (κ1) is 25.9. The van der Waals surface area contributed by atoms with Crippen molar-refractivity contribution in [1.82, 2.24) is 20.2 Å². The number of aliphatic imine (C=N–C) groups is 1. The predicted molar refractivity (Wildman–Crippen MR) is 138 cm³/mol. The Bertz CT molecular complexity index is 966. The molecule has 0 saturated carbocycles. The molecule has 1 unspecified atom stereocenters. The van der Waals surface area contributed by atoms with Gasteiger partial charge < -0.3 is 24.7 Å². The molecule has 0 aliphatic heterocycles. The van der Waals surface area contributed by atoms with Gasteiger partial charge in [0.2, 0.25) is 0 Å². The summed E-state index contributed by atoms with van der Waals surface area (Å²) in [7, 11) is 0. The van der Waals surface area contributed by atoms with Gasteiger partial charge in [-0.1, -0.05) is 30.3 Å². The van der Waals surface area contributed by atoms with Gasteiger partial charge in [0, 0.05) is 25.5 Å². The van der Waals surface area contributed by atoms with Crippen LogP contribution in [0, 0.1) is 6.92 Å². The third-order valence-electron chi connectivity index (χ3n) is 5.10. The van der Waals surface area contributed by atoms with Gasteiger partial charge in [0.25, 0.3) is 0 Å². The van der Waals surface area contributed by atoms with Crippen LogP contribution in [0.4, 0.5) is 0 Å². The van der Waals surface area contributed by atoms with Crippen molar-refractivity contribution in [2.75, 3.05) is 13.1 Å². The normalized spacial score (nSPS) is 13.3. The number of rotatable bonds is 10. The molecule has 0 amide bonds. The summed E-state index contributed by atoms with van der Waals surface area (Å²) in [6, 6.07) is 14.2. The maximum absolute atomic E-state index is 10.7. The highest BCUT2D eigenvalue weighted by atomic mass is 127. The SMILES string of the molecule is CCNC(=NCc1nccn1CCCc1ccccc1)NCC(C)(O)c1ccc(C)o1.I. The van der Waals surface area contributed by atoms with Crippen LogP contribution in [-0.4, -0.2) is 33.7 Å². The van der Waals surface area contributed by atoms with Crippen molar-refractivity contribution < 1.29 is 9.52 Å². The zero-order chi connectivity index (χ0) is 22.1. The van der Waals surface area contributed by atoms with Crippen LogP contribution in [0.2, 0.25) is 0 Å². The standard InChI is InChI=1S/C24H33N5O2.HI/c1-4-25-23(28-18-24(3,30)21-13-12-19(2)31-21)27-17-22-26-14-16-29(22)15-8-11-20-9-6-5-7-10-20;/h5-7,9-10,12-14,16,30H,4,8,11,15,17-18H2,1-3H3,(H2,25,27,28);1H. The molecule has 0 bridgehead atoms. The molecule has 174 valence electrons. The minimum atomic E-state index is -1.14. The van der Waals surface area contributed by atoms with Gasteiger partial charge in [0.1, 0.15) is 29.5 Å². The molecule has 0 aliphatic rings. The Hall–Kier alpha value is -2.33. The van der Waals surface area contributed by atoms with E-state index < -0.39 is 5.60 Å². The second-order valence-electron chi connectivity index (χ2n) is 7.86. The number of nitrogens with zero attached hydrogens (tertiary/aromatic N) is 3. The first-order valence-corrected chi connectivity index (χ1v) is 10.8. The summed E-state index contributed by atoms with van der Waals surface area (Å²) in [5, 5.41) is 17.2. The van der Waals surface area contributed by atoms with E-state index in [2.05, 4.69) is 49.4 Å². The number of nitrogens with one attached hydrogen (secondary N) is 2. The summed E-state index contributed by atoms with van der Waals surface area (Å²) < 4.78 is 7.73. The summed E-state index contributed by atoms with van der Waals surface area (Å²) in [5.41, 5.74) is 0.208. The summed E-state index contributed by atoms with van der Waals surface area (Å²) in [6.07, 6.45) is 5.89. The fourth-order valence-electron chi connectivity index (χ4n) is 3.35. The van der Waals surface area contributed by atoms with E-state index >= 15 is 0 Å².